The zero-order valence-corrected chi connectivity index (χ0v) is 29.3. The van der Waals surface area contributed by atoms with Crippen molar-refractivity contribution in [3.8, 4) is 0 Å². The average Bonchev–Trinajstić information content (AvgIpc) is 3.09. The quantitative estimate of drug-likeness (QED) is 0.264. The van der Waals surface area contributed by atoms with Crippen LogP contribution in [0.1, 0.15) is 97.2 Å². The van der Waals surface area contributed by atoms with Crippen molar-refractivity contribution in [1.29, 1.82) is 0 Å². The van der Waals surface area contributed by atoms with Crippen LogP contribution < -0.4 is 16.5 Å². The number of carbonyl (C=O) groups is 5. The van der Waals surface area contributed by atoms with Gasteiger partial charge in [0.2, 0.25) is 5.91 Å². The maximum Gasteiger partial charge on any atom is 0.316 e. The Morgan fingerprint density at radius 3 is 2.45 bits per heavy atom. The van der Waals surface area contributed by atoms with Crippen LogP contribution in [0, 0.1) is 11.3 Å². The maximum absolute atomic E-state index is 14.2. The lowest BCUT2D eigenvalue weighted by molar-refractivity contribution is -0.170. The number of pyridine rings is 1. The number of ether oxygens (including phenoxy) is 2. The fraction of sp³-hybridized carbons (Fsp3) is 0.568. The molecule has 0 radical (unpaired) electrons. The van der Waals surface area contributed by atoms with Gasteiger partial charge in [-0.3, -0.25) is 34.0 Å². The van der Waals surface area contributed by atoms with E-state index in [4.69, 9.17) is 20.2 Å². The molecule has 0 spiro atoms. The summed E-state index contributed by atoms with van der Waals surface area (Å²) in [6, 6.07) is 8.37. The predicted octanol–water partition coefficient (Wildman–Crippen LogP) is 4.14. The lowest BCUT2D eigenvalue weighted by atomic mass is 9.72. The molecule has 1 saturated carbocycles. The van der Waals surface area contributed by atoms with Crippen molar-refractivity contribution in [2.75, 3.05) is 6.54 Å². The smallest absolute Gasteiger partial charge is 0.316 e. The van der Waals surface area contributed by atoms with E-state index in [-0.39, 0.29) is 12.1 Å². The highest BCUT2D eigenvalue weighted by Gasteiger charge is 2.44. The number of rotatable bonds is 13. The minimum atomic E-state index is -1.17. The number of hydrazine groups is 1. The SMILES string of the molecule is CCCC(=O)OC1CCC(/C=C/c2ccc3ccc(CC)nc3c2)(C(=O)OC(C(=O)NC(C)C(=O)N2CCCC(C(N)=O)N2)C(C)C)CC1. The second-order valence-corrected chi connectivity index (χ2v) is 13.6. The highest BCUT2D eigenvalue weighted by molar-refractivity contribution is 5.91. The molecule has 1 aliphatic carbocycles. The van der Waals surface area contributed by atoms with Gasteiger partial charge in [-0.15, -0.1) is 0 Å². The third kappa shape index (κ3) is 9.65. The molecule has 1 aromatic carbocycles. The normalized spacial score (nSPS) is 22.4. The number of nitrogens with zero attached hydrogens (tertiary/aromatic N) is 2. The second kappa shape index (κ2) is 16.9. The van der Waals surface area contributed by atoms with E-state index >= 15 is 0 Å². The lowest BCUT2D eigenvalue weighted by Crippen LogP contribution is -2.60. The third-order valence-electron chi connectivity index (χ3n) is 9.34. The molecule has 3 atom stereocenters. The van der Waals surface area contributed by atoms with Crippen LogP contribution in [-0.4, -0.2) is 70.5 Å². The van der Waals surface area contributed by atoms with Gasteiger partial charge >= 0.3 is 11.9 Å². The molecule has 2 aromatic rings. The summed E-state index contributed by atoms with van der Waals surface area (Å²) in [6.07, 6.45) is 6.87. The summed E-state index contributed by atoms with van der Waals surface area (Å²) in [7, 11) is 0. The molecule has 2 fully saturated rings. The number of hydrogen-bond acceptors (Lipinski definition) is 9. The van der Waals surface area contributed by atoms with E-state index in [9.17, 15) is 24.0 Å². The van der Waals surface area contributed by atoms with E-state index in [1.807, 2.05) is 49.4 Å². The molecule has 266 valence electrons. The van der Waals surface area contributed by atoms with Gasteiger partial charge in [0.15, 0.2) is 6.10 Å². The van der Waals surface area contributed by atoms with Crippen molar-refractivity contribution >= 4 is 46.6 Å². The fourth-order valence-electron chi connectivity index (χ4n) is 6.31. The molecule has 12 heteroatoms. The van der Waals surface area contributed by atoms with Crippen LogP contribution in [-0.2, 0) is 39.9 Å². The first-order chi connectivity index (χ1) is 23.3. The van der Waals surface area contributed by atoms with E-state index in [1.54, 1.807) is 20.8 Å². The standard InChI is InChI=1S/C37H51N5O7/c1-6-9-31(43)48-28-16-19-37(20-17-28,18-15-25-11-12-26-13-14-27(7-2)40-30(26)22-25)36(47)49-32(23(3)4)34(45)39-24(5)35(46)42-21-8-10-29(41-42)33(38)44/h11-15,18,22-24,28-29,32,41H,6-10,16-17,19-21H2,1-5H3,(H2,38,44)(H,39,45)/b18-15+. The molecular weight excluding hydrogens is 626 g/mol. The lowest BCUT2D eigenvalue weighted by Gasteiger charge is -2.37. The fourth-order valence-corrected chi connectivity index (χ4v) is 6.31. The number of amides is 3. The van der Waals surface area contributed by atoms with E-state index in [0.717, 1.165) is 28.6 Å². The number of primary amides is 1. The van der Waals surface area contributed by atoms with Gasteiger partial charge in [-0.2, -0.15) is 0 Å². The minimum absolute atomic E-state index is 0.252. The van der Waals surface area contributed by atoms with Crippen molar-refractivity contribution in [1.82, 2.24) is 20.7 Å². The molecule has 1 saturated heterocycles. The number of fused-ring (bicyclic) bond motifs is 1. The first kappa shape index (κ1) is 37.5. The molecule has 3 unspecified atom stereocenters. The second-order valence-electron chi connectivity index (χ2n) is 13.6. The van der Waals surface area contributed by atoms with Crippen LogP contribution >= 0.6 is 0 Å². The summed E-state index contributed by atoms with van der Waals surface area (Å²) in [5, 5.41) is 5.02. The monoisotopic (exact) mass is 677 g/mol. The zero-order valence-electron chi connectivity index (χ0n) is 29.3. The van der Waals surface area contributed by atoms with Gasteiger partial charge < -0.3 is 20.5 Å². The highest BCUT2D eigenvalue weighted by Crippen LogP contribution is 2.41. The first-order valence-electron chi connectivity index (χ1n) is 17.5. The van der Waals surface area contributed by atoms with Crippen LogP contribution in [0.15, 0.2) is 36.4 Å². The zero-order chi connectivity index (χ0) is 35.7. The molecule has 4 N–H and O–H groups in total. The molecule has 2 heterocycles. The highest BCUT2D eigenvalue weighted by atomic mass is 16.6. The predicted molar refractivity (Wildman–Crippen MR) is 185 cm³/mol. The number of benzene rings is 1. The number of esters is 2. The van der Waals surface area contributed by atoms with Crippen LogP contribution in [0.2, 0.25) is 0 Å². The Morgan fingerprint density at radius 2 is 1.80 bits per heavy atom. The molecule has 4 rings (SSSR count). The van der Waals surface area contributed by atoms with Gasteiger partial charge in [-0.25, -0.2) is 5.43 Å². The first-order valence-corrected chi connectivity index (χ1v) is 17.5. The molecule has 1 aliphatic heterocycles. The molecule has 2 aliphatic rings. The minimum Gasteiger partial charge on any atom is -0.462 e. The Hall–Kier alpha value is -4.32. The van der Waals surface area contributed by atoms with E-state index in [1.165, 1.54) is 5.01 Å². The summed E-state index contributed by atoms with van der Waals surface area (Å²) in [6.45, 7) is 9.42. The van der Waals surface area contributed by atoms with E-state index in [0.29, 0.717) is 57.9 Å². The van der Waals surface area contributed by atoms with Crippen molar-refractivity contribution in [3.05, 3.63) is 47.7 Å². The van der Waals surface area contributed by atoms with Crippen molar-refractivity contribution in [2.45, 2.75) is 117 Å². The van der Waals surface area contributed by atoms with Crippen molar-refractivity contribution in [2.24, 2.45) is 17.1 Å². The van der Waals surface area contributed by atoms with Gasteiger partial charge in [-0.05, 0) is 81.9 Å². The van der Waals surface area contributed by atoms with Gasteiger partial charge in [0.05, 0.1) is 10.9 Å². The number of aryl methyl sites for hydroxylation is 1. The summed E-state index contributed by atoms with van der Waals surface area (Å²) in [5.41, 5.74) is 9.89. The van der Waals surface area contributed by atoms with Crippen LogP contribution in [0.25, 0.3) is 17.0 Å². The maximum atomic E-state index is 14.2. The summed E-state index contributed by atoms with van der Waals surface area (Å²) in [4.78, 5) is 69.4. The van der Waals surface area contributed by atoms with E-state index < -0.39 is 53.2 Å². The largest absolute Gasteiger partial charge is 0.462 e. The van der Waals surface area contributed by atoms with E-state index in [2.05, 4.69) is 17.7 Å². The van der Waals surface area contributed by atoms with Gasteiger partial charge in [0, 0.05) is 24.0 Å². The molecule has 12 nitrogen and oxygen atoms in total. The third-order valence-corrected chi connectivity index (χ3v) is 9.34. The van der Waals surface area contributed by atoms with Gasteiger partial charge in [0.25, 0.3) is 11.8 Å². The molecule has 0 bridgehead atoms. The number of nitrogens with two attached hydrogens (primary N) is 1. The molecular formula is C37H51N5O7. The topological polar surface area (TPSA) is 170 Å². The number of aromatic nitrogens is 1. The van der Waals surface area contributed by atoms with Gasteiger partial charge in [-0.1, -0.05) is 58.0 Å². The Morgan fingerprint density at radius 1 is 1.08 bits per heavy atom. The van der Waals surface area contributed by atoms with Crippen molar-refractivity contribution < 1.29 is 33.4 Å². The molecule has 49 heavy (non-hydrogen) atoms. The Labute approximate surface area is 288 Å². The average molecular weight is 678 g/mol. The van der Waals surface area contributed by atoms with Crippen LogP contribution in [0.5, 0.6) is 0 Å². The van der Waals surface area contributed by atoms with Crippen LogP contribution in [0.3, 0.4) is 0 Å². The van der Waals surface area contributed by atoms with Crippen molar-refractivity contribution in [3.63, 3.8) is 0 Å². The summed E-state index contributed by atoms with van der Waals surface area (Å²) < 4.78 is 11.7. The van der Waals surface area contributed by atoms with Gasteiger partial charge in [0.1, 0.15) is 18.2 Å². The van der Waals surface area contributed by atoms with Crippen LogP contribution in [0.4, 0.5) is 0 Å². The molecule has 3 amide bonds. The summed E-state index contributed by atoms with van der Waals surface area (Å²) >= 11 is 0. The Bertz CT molecular complexity index is 1550. The Balaban J connectivity index is 1.52. The number of hydrogen-bond donors (Lipinski definition) is 3. The number of carbonyl (C=O) groups excluding carboxylic acids is 5. The summed E-state index contributed by atoms with van der Waals surface area (Å²) in [5.74, 6) is -2.78. The Kier molecular flexibility index (Phi) is 12.9. The molecule has 1 aromatic heterocycles. The number of nitrogens with one attached hydrogen (secondary N) is 2.